The van der Waals surface area contributed by atoms with Crippen molar-refractivity contribution in [3.05, 3.63) is 40.8 Å². The van der Waals surface area contributed by atoms with E-state index in [-0.39, 0.29) is 18.0 Å². The number of amides is 1. The van der Waals surface area contributed by atoms with E-state index in [4.69, 9.17) is 0 Å². The van der Waals surface area contributed by atoms with Crippen LogP contribution < -0.4 is 10.2 Å². The Balaban J connectivity index is 1.64. The highest BCUT2D eigenvalue weighted by Crippen LogP contribution is 2.24. The summed E-state index contributed by atoms with van der Waals surface area (Å²) in [5, 5.41) is 5.19. The molecule has 6 nitrogen and oxygen atoms in total. The van der Waals surface area contributed by atoms with Gasteiger partial charge in [-0.1, -0.05) is 6.07 Å². The second kappa shape index (κ2) is 7.72. The van der Waals surface area contributed by atoms with Gasteiger partial charge in [0, 0.05) is 30.4 Å². The predicted octanol–water partition coefficient (Wildman–Crippen LogP) is 1.93. The zero-order valence-corrected chi connectivity index (χ0v) is 14.9. The number of nitrogens with zero attached hydrogens (tertiary/aromatic N) is 4. The van der Waals surface area contributed by atoms with Crippen molar-refractivity contribution in [3.8, 4) is 0 Å². The maximum absolute atomic E-state index is 12.7. The van der Waals surface area contributed by atoms with E-state index in [2.05, 4.69) is 31.6 Å². The van der Waals surface area contributed by atoms with Gasteiger partial charge in [0.2, 0.25) is 11.9 Å². The molecule has 1 N–H and O–H groups in total. The molecule has 0 bridgehead atoms. The van der Waals surface area contributed by atoms with Crippen molar-refractivity contribution in [1.82, 2.24) is 20.2 Å². The summed E-state index contributed by atoms with van der Waals surface area (Å²) in [6.45, 7) is 1.43. The number of hydrogen-bond acceptors (Lipinski definition) is 6. The molecule has 128 valence electrons. The lowest BCUT2D eigenvalue weighted by Gasteiger charge is -2.27. The van der Waals surface area contributed by atoms with Gasteiger partial charge >= 0.3 is 0 Å². The van der Waals surface area contributed by atoms with Crippen LogP contribution in [0.5, 0.6) is 0 Å². The topological polar surface area (TPSA) is 61.4 Å². The molecule has 24 heavy (non-hydrogen) atoms. The van der Waals surface area contributed by atoms with Gasteiger partial charge in [-0.05, 0) is 44.4 Å². The van der Waals surface area contributed by atoms with E-state index in [0.717, 1.165) is 19.4 Å². The largest absolute Gasteiger partial charge is 0.352 e. The number of rotatable bonds is 6. The lowest BCUT2D eigenvalue weighted by atomic mass is 10.2. The van der Waals surface area contributed by atoms with Crippen molar-refractivity contribution in [1.29, 1.82) is 0 Å². The standard InChI is InChI=1S/C17H23N5OS/c1-21(2)14(15-7-4-11-24-15)12-20-16(23)13-6-3-10-22(13)17-18-8-5-9-19-17/h4-5,7-9,11,13-14H,3,6,10,12H2,1-2H3,(H,20,23)/t13-,14-/m0/s1. The Morgan fingerprint density at radius 3 is 2.88 bits per heavy atom. The van der Waals surface area contributed by atoms with Crippen LogP contribution in [0.25, 0.3) is 0 Å². The average molecular weight is 345 g/mol. The number of anilines is 1. The van der Waals surface area contributed by atoms with Crippen LogP contribution in [0.15, 0.2) is 36.0 Å². The summed E-state index contributed by atoms with van der Waals surface area (Å²) in [7, 11) is 4.08. The number of thiophene rings is 1. The fourth-order valence-electron chi connectivity index (χ4n) is 3.05. The first-order chi connectivity index (χ1) is 11.7. The minimum absolute atomic E-state index is 0.0587. The molecule has 0 spiro atoms. The maximum Gasteiger partial charge on any atom is 0.242 e. The number of likely N-dealkylation sites (N-methyl/N-ethyl adjacent to an activating group) is 1. The Morgan fingerprint density at radius 2 is 2.21 bits per heavy atom. The van der Waals surface area contributed by atoms with Gasteiger partial charge in [-0.3, -0.25) is 4.79 Å². The summed E-state index contributed by atoms with van der Waals surface area (Å²) in [5.74, 6) is 0.695. The van der Waals surface area contributed by atoms with Crippen molar-refractivity contribution in [3.63, 3.8) is 0 Å². The molecule has 0 unspecified atom stereocenters. The third-order valence-corrected chi connectivity index (χ3v) is 5.30. The highest BCUT2D eigenvalue weighted by atomic mass is 32.1. The molecule has 1 saturated heterocycles. The molecule has 7 heteroatoms. The van der Waals surface area contributed by atoms with Crippen LogP contribution in [-0.4, -0.2) is 54.0 Å². The Labute approximate surface area is 146 Å². The maximum atomic E-state index is 12.7. The molecule has 3 rings (SSSR count). The van der Waals surface area contributed by atoms with Crippen LogP contribution in [0, 0.1) is 0 Å². The number of hydrogen-bond donors (Lipinski definition) is 1. The Hall–Kier alpha value is -1.99. The first-order valence-corrected chi connectivity index (χ1v) is 9.06. The summed E-state index contributed by atoms with van der Waals surface area (Å²) >= 11 is 1.72. The Morgan fingerprint density at radius 1 is 1.42 bits per heavy atom. The van der Waals surface area contributed by atoms with E-state index in [9.17, 15) is 4.79 Å². The van der Waals surface area contributed by atoms with E-state index >= 15 is 0 Å². The molecule has 0 aliphatic carbocycles. The van der Waals surface area contributed by atoms with Gasteiger partial charge in [0.25, 0.3) is 0 Å². The van der Waals surface area contributed by atoms with Crippen LogP contribution in [0.2, 0.25) is 0 Å². The predicted molar refractivity (Wildman–Crippen MR) is 96.2 cm³/mol. The van der Waals surface area contributed by atoms with Gasteiger partial charge in [-0.2, -0.15) is 0 Å². The van der Waals surface area contributed by atoms with Crippen molar-refractivity contribution in [2.75, 3.05) is 32.1 Å². The number of aromatic nitrogens is 2. The molecule has 2 aromatic heterocycles. The third-order valence-electron chi connectivity index (χ3n) is 4.33. The Bertz CT molecular complexity index is 646. The molecule has 1 amide bonds. The molecule has 2 atom stereocenters. The zero-order chi connectivity index (χ0) is 16.9. The van der Waals surface area contributed by atoms with Crippen molar-refractivity contribution >= 4 is 23.2 Å². The first-order valence-electron chi connectivity index (χ1n) is 8.18. The molecule has 2 aromatic rings. The fourth-order valence-corrected chi connectivity index (χ4v) is 3.97. The van der Waals surface area contributed by atoms with E-state index in [1.807, 2.05) is 25.1 Å². The van der Waals surface area contributed by atoms with Crippen molar-refractivity contribution in [2.45, 2.75) is 24.9 Å². The van der Waals surface area contributed by atoms with Gasteiger partial charge in [-0.25, -0.2) is 9.97 Å². The minimum atomic E-state index is -0.182. The fraction of sp³-hybridized carbons (Fsp3) is 0.471. The summed E-state index contributed by atoms with van der Waals surface area (Å²) in [5.41, 5.74) is 0. The zero-order valence-electron chi connectivity index (χ0n) is 14.1. The van der Waals surface area contributed by atoms with Crippen LogP contribution in [0.3, 0.4) is 0 Å². The van der Waals surface area contributed by atoms with Gasteiger partial charge in [0.15, 0.2) is 0 Å². The lowest BCUT2D eigenvalue weighted by molar-refractivity contribution is -0.122. The molecule has 1 fully saturated rings. The second-order valence-corrected chi connectivity index (χ2v) is 7.12. The van der Waals surface area contributed by atoms with Gasteiger partial charge < -0.3 is 15.1 Å². The highest BCUT2D eigenvalue weighted by molar-refractivity contribution is 7.10. The average Bonchev–Trinajstić information content (AvgIpc) is 3.27. The minimum Gasteiger partial charge on any atom is -0.352 e. The van der Waals surface area contributed by atoms with E-state index < -0.39 is 0 Å². The van der Waals surface area contributed by atoms with Crippen molar-refractivity contribution in [2.24, 2.45) is 0 Å². The number of nitrogens with one attached hydrogen (secondary N) is 1. The quantitative estimate of drug-likeness (QED) is 0.867. The van der Waals surface area contributed by atoms with Crippen LogP contribution in [0.1, 0.15) is 23.8 Å². The van der Waals surface area contributed by atoms with Crippen LogP contribution in [-0.2, 0) is 4.79 Å². The van der Waals surface area contributed by atoms with E-state index in [0.29, 0.717) is 12.5 Å². The van der Waals surface area contributed by atoms with Gasteiger partial charge in [0.05, 0.1) is 6.04 Å². The number of carbonyl (C=O) groups excluding carboxylic acids is 1. The second-order valence-electron chi connectivity index (χ2n) is 6.14. The summed E-state index contributed by atoms with van der Waals surface area (Å²) in [6.07, 6.45) is 5.26. The normalized spacial score (nSPS) is 18.8. The molecule has 0 saturated carbocycles. The van der Waals surface area contributed by atoms with E-state index in [1.165, 1.54) is 4.88 Å². The Kier molecular flexibility index (Phi) is 5.42. The lowest BCUT2D eigenvalue weighted by Crippen LogP contribution is -2.46. The molecule has 0 aromatic carbocycles. The van der Waals surface area contributed by atoms with Crippen molar-refractivity contribution < 1.29 is 4.79 Å². The summed E-state index contributed by atoms with van der Waals surface area (Å²) in [6, 6.07) is 5.96. The summed E-state index contributed by atoms with van der Waals surface area (Å²) in [4.78, 5) is 26.7. The SMILES string of the molecule is CN(C)[C@@H](CNC(=O)[C@@H]1CCCN1c1ncccn1)c1cccs1. The smallest absolute Gasteiger partial charge is 0.242 e. The molecular weight excluding hydrogens is 322 g/mol. The van der Waals surface area contributed by atoms with E-state index in [1.54, 1.807) is 29.8 Å². The molecule has 0 radical (unpaired) electrons. The first kappa shape index (κ1) is 16.9. The molecular formula is C17H23N5OS. The highest BCUT2D eigenvalue weighted by Gasteiger charge is 2.32. The monoisotopic (exact) mass is 345 g/mol. The van der Waals surface area contributed by atoms with Gasteiger partial charge in [0.1, 0.15) is 6.04 Å². The molecule has 1 aliphatic heterocycles. The van der Waals surface area contributed by atoms with Crippen LogP contribution in [0.4, 0.5) is 5.95 Å². The number of carbonyl (C=O) groups is 1. The van der Waals surface area contributed by atoms with Gasteiger partial charge in [-0.15, -0.1) is 11.3 Å². The molecule has 3 heterocycles. The summed E-state index contributed by atoms with van der Waals surface area (Å²) < 4.78 is 0. The molecule has 1 aliphatic rings. The van der Waals surface area contributed by atoms with Crippen LogP contribution >= 0.6 is 11.3 Å². The third kappa shape index (κ3) is 3.73.